The Hall–Kier alpha value is -1.30. The Kier molecular flexibility index (Phi) is 8.11. The van der Waals surface area contributed by atoms with Crippen molar-refractivity contribution in [1.29, 1.82) is 0 Å². The number of carbonyl (C=O) groups excluding carboxylic acids is 2. The van der Waals surface area contributed by atoms with Gasteiger partial charge in [0.1, 0.15) is 6.04 Å². The molecule has 0 heterocycles. The maximum Gasteiger partial charge on any atom is 0.407 e. The van der Waals surface area contributed by atoms with E-state index in [1.807, 2.05) is 20.8 Å². The molecule has 2 amide bonds. The number of aliphatic hydroxyl groups excluding tert-OH is 1. The van der Waals surface area contributed by atoms with Gasteiger partial charge in [-0.15, -0.1) is 0 Å². The molecule has 106 valence electrons. The van der Waals surface area contributed by atoms with Crippen molar-refractivity contribution < 1.29 is 19.4 Å². The van der Waals surface area contributed by atoms with Gasteiger partial charge >= 0.3 is 6.09 Å². The number of nitrogens with one attached hydrogen (secondary N) is 1. The van der Waals surface area contributed by atoms with Crippen molar-refractivity contribution in [2.24, 2.45) is 5.92 Å². The zero-order chi connectivity index (χ0) is 14.1. The number of carbonyl (C=O) groups is 2. The third-order valence-corrected chi connectivity index (χ3v) is 2.54. The molecule has 6 heteroatoms. The smallest absolute Gasteiger partial charge is 0.407 e. The van der Waals surface area contributed by atoms with Crippen molar-refractivity contribution in [2.45, 2.75) is 33.7 Å². The van der Waals surface area contributed by atoms with E-state index < -0.39 is 12.1 Å². The first-order valence-electron chi connectivity index (χ1n) is 6.30. The van der Waals surface area contributed by atoms with Crippen LogP contribution in [0.25, 0.3) is 0 Å². The summed E-state index contributed by atoms with van der Waals surface area (Å²) >= 11 is 0. The Morgan fingerprint density at radius 2 is 1.94 bits per heavy atom. The lowest BCUT2D eigenvalue weighted by Gasteiger charge is -2.28. The van der Waals surface area contributed by atoms with Gasteiger partial charge in [-0.1, -0.05) is 13.8 Å². The van der Waals surface area contributed by atoms with Gasteiger partial charge in [-0.05, 0) is 19.8 Å². The molecule has 0 bridgehead atoms. The molecule has 0 aromatic rings. The summed E-state index contributed by atoms with van der Waals surface area (Å²) in [6.07, 6.45) is -0.593. The van der Waals surface area contributed by atoms with Gasteiger partial charge in [0, 0.05) is 13.1 Å². The summed E-state index contributed by atoms with van der Waals surface area (Å²) < 4.78 is 4.78. The Labute approximate surface area is 108 Å². The van der Waals surface area contributed by atoms with Crippen LogP contribution in [0.2, 0.25) is 0 Å². The van der Waals surface area contributed by atoms with Crippen LogP contribution in [0.4, 0.5) is 4.79 Å². The van der Waals surface area contributed by atoms with Gasteiger partial charge < -0.3 is 20.1 Å². The summed E-state index contributed by atoms with van der Waals surface area (Å²) in [5, 5.41) is 11.5. The number of hydrogen-bond donors (Lipinski definition) is 2. The maximum atomic E-state index is 12.2. The molecule has 0 spiro atoms. The van der Waals surface area contributed by atoms with E-state index in [9.17, 15) is 9.59 Å². The fraction of sp³-hybridized carbons (Fsp3) is 0.833. The highest BCUT2D eigenvalue weighted by Crippen LogP contribution is 2.06. The lowest BCUT2D eigenvalue weighted by molar-refractivity contribution is -0.134. The summed E-state index contributed by atoms with van der Waals surface area (Å²) in [7, 11) is 0. The quantitative estimate of drug-likeness (QED) is 0.702. The van der Waals surface area contributed by atoms with Crippen LogP contribution < -0.4 is 5.32 Å². The van der Waals surface area contributed by atoms with Crippen molar-refractivity contribution in [1.82, 2.24) is 10.2 Å². The Balaban J connectivity index is 4.66. The molecule has 18 heavy (non-hydrogen) atoms. The lowest BCUT2D eigenvalue weighted by atomic mass is 10.0. The zero-order valence-electron chi connectivity index (χ0n) is 11.6. The van der Waals surface area contributed by atoms with Gasteiger partial charge in [0.25, 0.3) is 0 Å². The van der Waals surface area contributed by atoms with Crippen LogP contribution in [0.5, 0.6) is 0 Å². The molecule has 0 aliphatic carbocycles. The molecule has 1 unspecified atom stereocenters. The minimum absolute atomic E-state index is 0.0466. The zero-order valence-corrected chi connectivity index (χ0v) is 11.6. The van der Waals surface area contributed by atoms with Gasteiger partial charge in [-0.3, -0.25) is 4.79 Å². The number of nitrogens with zero attached hydrogens (tertiary/aromatic N) is 1. The summed E-state index contributed by atoms with van der Waals surface area (Å²) in [6.45, 7) is 8.16. The first-order chi connectivity index (χ1) is 8.47. The molecule has 0 aromatic carbocycles. The molecule has 0 aromatic heterocycles. The van der Waals surface area contributed by atoms with E-state index in [2.05, 4.69) is 5.32 Å². The minimum Gasteiger partial charge on any atom is -0.450 e. The van der Waals surface area contributed by atoms with Crippen LogP contribution in [0.3, 0.4) is 0 Å². The number of amides is 2. The van der Waals surface area contributed by atoms with Crippen LogP contribution in [0.15, 0.2) is 0 Å². The molecule has 0 saturated heterocycles. The van der Waals surface area contributed by atoms with Crippen molar-refractivity contribution in [3.8, 4) is 0 Å². The Morgan fingerprint density at radius 1 is 1.33 bits per heavy atom. The molecular weight excluding hydrogens is 236 g/mol. The SMILES string of the molecule is CCOC(=O)NC(C(=O)N(CC)CCO)C(C)C. The largest absolute Gasteiger partial charge is 0.450 e. The van der Waals surface area contributed by atoms with Gasteiger partial charge in [0.15, 0.2) is 0 Å². The molecule has 0 aliphatic rings. The predicted octanol–water partition coefficient (Wildman–Crippen LogP) is 0.598. The monoisotopic (exact) mass is 260 g/mol. The first-order valence-corrected chi connectivity index (χ1v) is 6.30. The number of aliphatic hydroxyl groups is 1. The maximum absolute atomic E-state index is 12.2. The van der Waals surface area contributed by atoms with Gasteiger partial charge in [0.05, 0.1) is 13.2 Å². The second-order valence-electron chi connectivity index (χ2n) is 4.23. The second kappa shape index (κ2) is 8.74. The lowest BCUT2D eigenvalue weighted by Crippen LogP contribution is -2.51. The third-order valence-electron chi connectivity index (χ3n) is 2.54. The highest BCUT2D eigenvalue weighted by Gasteiger charge is 2.28. The molecular formula is C12H24N2O4. The number of alkyl carbamates (subject to hydrolysis) is 1. The van der Waals surface area contributed by atoms with E-state index in [1.165, 1.54) is 4.90 Å². The van der Waals surface area contributed by atoms with E-state index in [0.29, 0.717) is 6.54 Å². The summed E-state index contributed by atoms with van der Waals surface area (Å²) in [5.74, 6) is -0.246. The standard InChI is InChI=1S/C12H24N2O4/c1-5-14(7-8-15)11(16)10(9(3)4)13-12(17)18-6-2/h9-10,15H,5-8H2,1-4H3,(H,13,17). The van der Waals surface area contributed by atoms with Crippen molar-refractivity contribution in [2.75, 3.05) is 26.3 Å². The number of rotatable bonds is 7. The van der Waals surface area contributed by atoms with E-state index >= 15 is 0 Å². The Bertz CT molecular complexity index is 269. The van der Waals surface area contributed by atoms with Crippen molar-refractivity contribution >= 4 is 12.0 Å². The van der Waals surface area contributed by atoms with Crippen molar-refractivity contribution in [3.63, 3.8) is 0 Å². The third kappa shape index (κ3) is 5.35. The summed E-state index contributed by atoms with van der Waals surface area (Å²) in [4.78, 5) is 25.1. The first kappa shape index (κ1) is 16.7. The molecule has 0 fully saturated rings. The fourth-order valence-electron chi connectivity index (χ4n) is 1.55. The number of ether oxygens (including phenoxy) is 1. The van der Waals surface area contributed by atoms with Gasteiger partial charge in [0.2, 0.25) is 5.91 Å². The Morgan fingerprint density at radius 3 is 2.33 bits per heavy atom. The minimum atomic E-state index is -0.629. The molecule has 0 saturated carbocycles. The normalized spacial score (nSPS) is 12.1. The fourth-order valence-corrected chi connectivity index (χ4v) is 1.55. The van der Waals surface area contributed by atoms with Gasteiger partial charge in [-0.25, -0.2) is 4.79 Å². The van der Waals surface area contributed by atoms with Gasteiger partial charge in [-0.2, -0.15) is 0 Å². The molecule has 0 rings (SSSR count). The molecule has 1 atom stereocenters. The van der Waals surface area contributed by atoms with Crippen LogP contribution in [-0.2, 0) is 9.53 Å². The van der Waals surface area contributed by atoms with Crippen LogP contribution >= 0.6 is 0 Å². The molecule has 6 nitrogen and oxygen atoms in total. The van der Waals surface area contributed by atoms with E-state index in [1.54, 1.807) is 6.92 Å². The van der Waals surface area contributed by atoms with E-state index in [0.717, 1.165) is 0 Å². The predicted molar refractivity (Wildman–Crippen MR) is 68.1 cm³/mol. The average Bonchev–Trinajstić information content (AvgIpc) is 2.32. The highest BCUT2D eigenvalue weighted by atomic mass is 16.5. The summed E-state index contributed by atoms with van der Waals surface area (Å²) in [5.41, 5.74) is 0. The second-order valence-corrected chi connectivity index (χ2v) is 4.23. The molecule has 2 N–H and O–H groups in total. The summed E-state index contributed by atoms with van der Waals surface area (Å²) in [6, 6.07) is -0.629. The molecule has 0 radical (unpaired) electrons. The average molecular weight is 260 g/mol. The van der Waals surface area contributed by atoms with Crippen molar-refractivity contribution in [3.05, 3.63) is 0 Å². The topological polar surface area (TPSA) is 78.9 Å². The number of hydrogen-bond acceptors (Lipinski definition) is 4. The van der Waals surface area contributed by atoms with E-state index in [-0.39, 0.29) is 31.6 Å². The highest BCUT2D eigenvalue weighted by molar-refractivity contribution is 5.85. The number of likely N-dealkylation sites (N-methyl/N-ethyl adjacent to an activating group) is 1. The van der Waals surface area contributed by atoms with Crippen LogP contribution in [0.1, 0.15) is 27.7 Å². The van der Waals surface area contributed by atoms with Crippen LogP contribution in [0, 0.1) is 5.92 Å². The molecule has 0 aliphatic heterocycles. The van der Waals surface area contributed by atoms with Crippen LogP contribution in [-0.4, -0.2) is 54.4 Å². The van der Waals surface area contributed by atoms with E-state index in [4.69, 9.17) is 9.84 Å².